The quantitative estimate of drug-likeness (QED) is 0.357. The highest BCUT2D eigenvalue weighted by atomic mass is 32.2. The molecule has 1 aromatic heterocycles. The van der Waals surface area contributed by atoms with E-state index >= 15 is 0 Å². The molecule has 3 heterocycles. The van der Waals surface area contributed by atoms with Crippen molar-refractivity contribution in [2.45, 2.75) is 55.4 Å². The van der Waals surface area contributed by atoms with Gasteiger partial charge in [0.05, 0.1) is 47.1 Å². The van der Waals surface area contributed by atoms with Gasteiger partial charge in [-0.05, 0) is 48.2 Å². The van der Waals surface area contributed by atoms with E-state index in [0.717, 1.165) is 29.7 Å². The minimum absolute atomic E-state index is 0.00814. The lowest BCUT2D eigenvalue weighted by atomic mass is 9.95. The molecule has 5 rings (SSSR count). The first-order valence-corrected chi connectivity index (χ1v) is 15.7. The van der Waals surface area contributed by atoms with Gasteiger partial charge < -0.3 is 19.7 Å². The van der Waals surface area contributed by atoms with Crippen molar-refractivity contribution < 1.29 is 35.9 Å². The fourth-order valence-electron chi connectivity index (χ4n) is 5.25. The lowest BCUT2D eigenvalue weighted by Gasteiger charge is -2.25. The van der Waals surface area contributed by atoms with E-state index in [1.165, 1.54) is 36.7 Å². The Balaban J connectivity index is 1.25. The molecular formula is C30H33F3N4O5S. The van der Waals surface area contributed by atoms with Gasteiger partial charge in [-0.15, -0.1) is 0 Å². The van der Waals surface area contributed by atoms with Crippen LogP contribution >= 0.6 is 0 Å². The molecular weight excluding hydrogens is 585 g/mol. The number of carbonyl (C=O) groups is 1. The molecule has 1 N–H and O–H groups in total. The van der Waals surface area contributed by atoms with Crippen molar-refractivity contribution >= 4 is 21.7 Å². The minimum atomic E-state index is -4.40. The third-order valence-corrected chi connectivity index (χ3v) is 9.56. The monoisotopic (exact) mass is 618 g/mol. The molecule has 0 bridgehead atoms. The van der Waals surface area contributed by atoms with Crippen molar-refractivity contribution in [3.8, 4) is 0 Å². The molecule has 1 amide bonds. The minimum Gasteiger partial charge on any atom is -0.379 e. The lowest BCUT2D eigenvalue weighted by Crippen LogP contribution is -2.36. The number of amides is 1. The topological polar surface area (TPSA) is 111 Å². The summed E-state index contributed by atoms with van der Waals surface area (Å²) in [7, 11) is -3.30. The number of aromatic nitrogens is 2. The Kier molecular flexibility index (Phi) is 9.33. The summed E-state index contributed by atoms with van der Waals surface area (Å²) >= 11 is 0. The van der Waals surface area contributed by atoms with Crippen molar-refractivity contribution in [2.24, 2.45) is 0 Å². The maximum atomic E-state index is 13.1. The number of benzene rings is 2. The Morgan fingerprint density at radius 2 is 1.79 bits per heavy atom. The maximum absolute atomic E-state index is 13.1. The third-order valence-electron chi connectivity index (χ3n) is 7.81. The van der Waals surface area contributed by atoms with Gasteiger partial charge in [0, 0.05) is 38.0 Å². The van der Waals surface area contributed by atoms with Gasteiger partial charge in [0.2, 0.25) is 5.95 Å². The van der Waals surface area contributed by atoms with Crippen LogP contribution in [0.2, 0.25) is 0 Å². The molecule has 0 radical (unpaired) electrons. The molecule has 2 unspecified atom stereocenters. The summed E-state index contributed by atoms with van der Waals surface area (Å²) in [6, 6.07) is 11.5. The number of carbonyl (C=O) groups excluding carboxylic acids is 1. The van der Waals surface area contributed by atoms with Crippen LogP contribution in [0.4, 0.5) is 19.1 Å². The SMILES string of the molecule is CCS(=O)(=O)c1ccc(CNC(=O)c2cnc(N3CC(c4ccc(C(F)(F)F)cc4)C[C@H]3COC3CCOC3)nc2)cc1. The number of hydrogen-bond donors (Lipinski definition) is 1. The molecule has 9 nitrogen and oxygen atoms in total. The van der Waals surface area contributed by atoms with Crippen molar-refractivity contribution in [1.82, 2.24) is 15.3 Å². The van der Waals surface area contributed by atoms with Gasteiger partial charge in [0.15, 0.2) is 9.84 Å². The van der Waals surface area contributed by atoms with Gasteiger partial charge in [-0.1, -0.05) is 31.2 Å². The Morgan fingerprint density at radius 3 is 2.40 bits per heavy atom. The number of hydrogen-bond acceptors (Lipinski definition) is 8. The van der Waals surface area contributed by atoms with Crippen molar-refractivity contribution in [3.05, 3.63) is 83.2 Å². The van der Waals surface area contributed by atoms with Crippen LogP contribution in [0.3, 0.4) is 0 Å². The number of nitrogens with zero attached hydrogens (tertiary/aromatic N) is 3. The molecule has 2 aliphatic heterocycles. The number of halogens is 3. The third kappa shape index (κ3) is 7.51. The largest absolute Gasteiger partial charge is 0.416 e. The van der Waals surface area contributed by atoms with Crippen molar-refractivity contribution in [3.63, 3.8) is 0 Å². The number of sulfone groups is 1. The summed E-state index contributed by atoms with van der Waals surface area (Å²) in [6.45, 7) is 3.81. The van der Waals surface area contributed by atoms with E-state index < -0.39 is 21.6 Å². The van der Waals surface area contributed by atoms with Crippen LogP contribution in [0.5, 0.6) is 0 Å². The van der Waals surface area contributed by atoms with E-state index in [0.29, 0.717) is 38.7 Å². The Labute approximate surface area is 248 Å². The van der Waals surface area contributed by atoms with Crippen LogP contribution in [0.15, 0.2) is 65.8 Å². The molecule has 2 aromatic carbocycles. The fourth-order valence-corrected chi connectivity index (χ4v) is 6.13. The van der Waals surface area contributed by atoms with Gasteiger partial charge >= 0.3 is 6.18 Å². The molecule has 43 heavy (non-hydrogen) atoms. The Hall–Kier alpha value is -3.55. The number of ether oxygens (including phenoxy) is 2. The number of nitrogens with one attached hydrogen (secondary N) is 1. The summed E-state index contributed by atoms with van der Waals surface area (Å²) in [5, 5.41) is 2.79. The van der Waals surface area contributed by atoms with Crippen LogP contribution < -0.4 is 10.2 Å². The molecule has 3 atom stereocenters. The predicted molar refractivity (Wildman–Crippen MR) is 152 cm³/mol. The van der Waals surface area contributed by atoms with Gasteiger partial charge in [-0.25, -0.2) is 18.4 Å². The molecule has 0 spiro atoms. The van der Waals surface area contributed by atoms with Crippen molar-refractivity contribution in [1.29, 1.82) is 0 Å². The van der Waals surface area contributed by atoms with Crippen LogP contribution in [0.1, 0.15) is 52.7 Å². The summed E-state index contributed by atoms with van der Waals surface area (Å²) in [6.07, 6.45) is -0.0954. The van der Waals surface area contributed by atoms with Crippen LogP contribution in [0, 0.1) is 0 Å². The highest BCUT2D eigenvalue weighted by Crippen LogP contribution is 2.36. The van der Waals surface area contributed by atoms with E-state index in [1.807, 2.05) is 4.90 Å². The lowest BCUT2D eigenvalue weighted by molar-refractivity contribution is -0.137. The van der Waals surface area contributed by atoms with Crippen LogP contribution in [-0.2, 0) is 32.0 Å². The highest BCUT2D eigenvalue weighted by Gasteiger charge is 2.36. The van der Waals surface area contributed by atoms with Crippen LogP contribution in [0.25, 0.3) is 0 Å². The van der Waals surface area contributed by atoms with Gasteiger partial charge in [0.25, 0.3) is 5.91 Å². The molecule has 2 saturated heterocycles. The molecule has 0 saturated carbocycles. The highest BCUT2D eigenvalue weighted by molar-refractivity contribution is 7.91. The first-order chi connectivity index (χ1) is 20.5. The van der Waals surface area contributed by atoms with E-state index in [-0.39, 0.29) is 46.7 Å². The predicted octanol–water partition coefficient (Wildman–Crippen LogP) is 4.39. The standard InChI is InChI=1S/C30H33F3N4O5S/c1-2-43(39,40)27-9-3-20(4-10-27)14-34-28(38)23-15-35-29(36-16-23)37-17-22(13-25(37)18-42-26-11-12-41-19-26)21-5-7-24(8-6-21)30(31,32)33/h3-10,15-16,22,25-26H,2,11-14,17-19H2,1H3,(H,34,38)/t22?,25-,26?/m0/s1. The average molecular weight is 619 g/mol. The second kappa shape index (κ2) is 13.0. The molecule has 0 aliphatic carbocycles. The zero-order valence-corrected chi connectivity index (χ0v) is 24.4. The zero-order chi connectivity index (χ0) is 30.6. The fraction of sp³-hybridized carbons (Fsp3) is 0.433. The number of anilines is 1. The smallest absolute Gasteiger partial charge is 0.379 e. The normalized spacial score (nSPS) is 20.8. The number of alkyl halides is 3. The summed E-state index contributed by atoms with van der Waals surface area (Å²) in [5.41, 5.74) is 1.10. The van der Waals surface area contributed by atoms with E-state index in [1.54, 1.807) is 19.1 Å². The summed E-state index contributed by atoms with van der Waals surface area (Å²) < 4.78 is 74.7. The van der Waals surface area contributed by atoms with E-state index in [4.69, 9.17) is 9.47 Å². The second-order valence-corrected chi connectivity index (χ2v) is 13.0. The Bertz CT molecular complexity index is 1490. The van der Waals surface area contributed by atoms with Gasteiger partial charge in [-0.3, -0.25) is 4.79 Å². The summed E-state index contributed by atoms with van der Waals surface area (Å²) in [4.78, 5) is 23.9. The summed E-state index contributed by atoms with van der Waals surface area (Å²) in [5.74, 6) is -0.0342. The molecule has 230 valence electrons. The first kappa shape index (κ1) is 30.9. The van der Waals surface area contributed by atoms with Gasteiger partial charge in [0.1, 0.15) is 0 Å². The van der Waals surface area contributed by atoms with E-state index in [9.17, 15) is 26.4 Å². The second-order valence-electron chi connectivity index (χ2n) is 10.7. The number of rotatable bonds is 10. The zero-order valence-electron chi connectivity index (χ0n) is 23.6. The molecule has 2 aliphatic rings. The molecule has 13 heteroatoms. The van der Waals surface area contributed by atoms with Gasteiger partial charge in [-0.2, -0.15) is 13.2 Å². The molecule has 2 fully saturated rings. The molecule has 3 aromatic rings. The van der Waals surface area contributed by atoms with Crippen molar-refractivity contribution in [2.75, 3.05) is 37.0 Å². The Morgan fingerprint density at radius 1 is 1.09 bits per heavy atom. The average Bonchev–Trinajstić information content (AvgIpc) is 3.69. The first-order valence-electron chi connectivity index (χ1n) is 14.1. The van der Waals surface area contributed by atoms with Crippen LogP contribution in [-0.4, -0.2) is 68.6 Å². The van der Waals surface area contributed by atoms with E-state index in [2.05, 4.69) is 15.3 Å². The maximum Gasteiger partial charge on any atom is 0.416 e.